The second-order valence-electron chi connectivity index (χ2n) is 6.90. The highest BCUT2D eigenvalue weighted by atomic mass is 32.2. The Morgan fingerprint density at radius 1 is 1.24 bits per heavy atom. The standard InChI is InChI=1S/C16H26N4O4S/c1-11-15(12(2)18(3)17-11)25(22,23)19-9-13-5-6-14(10-19)20(16(13)21)7-8-24-4/h13-14H,5-10H2,1-4H3/t13-,14+/m0/s1. The summed E-state index contributed by atoms with van der Waals surface area (Å²) in [6, 6.07) is -0.0894. The van der Waals surface area contributed by atoms with Crippen molar-refractivity contribution in [3.63, 3.8) is 0 Å². The van der Waals surface area contributed by atoms with Gasteiger partial charge in [0.2, 0.25) is 15.9 Å². The van der Waals surface area contributed by atoms with Gasteiger partial charge in [0.05, 0.1) is 23.9 Å². The van der Waals surface area contributed by atoms with Crippen molar-refractivity contribution in [2.75, 3.05) is 33.4 Å². The molecule has 1 amide bonds. The Kier molecular flexibility index (Phi) is 4.91. The van der Waals surface area contributed by atoms with Crippen LogP contribution in [-0.4, -0.2) is 72.7 Å². The summed E-state index contributed by atoms with van der Waals surface area (Å²) in [5.41, 5.74) is 1.12. The summed E-state index contributed by atoms with van der Waals surface area (Å²) in [5.74, 6) is -0.228. The van der Waals surface area contributed by atoms with Gasteiger partial charge in [0.15, 0.2) is 0 Å². The van der Waals surface area contributed by atoms with Gasteiger partial charge in [-0.15, -0.1) is 0 Å². The molecule has 0 spiro atoms. The Balaban J connectivity index is 1.93. The maximum absolute atomic E-state index is 13.3. The molecule has 0 N–H and O–H groups in total. The van der Waals surface area contributed by atoms with Crippen molar-refractivity contribution in [2.24, 2.45) is 13.0 Å². The number of fused-ring (bicyclic) bond motifs is 4. The minimum atomic E-state index is -3.68. The van der Waals surface area contributed by atoms with E-state index in [9.17, 15) is 13.2 Å². The fraction of sp³-hybridized carbons (Fsp3) is 0.750. The lowest BCUT2D eigenvalue weighted by atomic mass is 9.94. The maximum Gasteiger partial charge on any atom is 0.246 e. The predicted molar refractivity (Wildman–Crippen MR) is 91.5 cm³/mol. The maximum atomic E-state index is 13.3. The molecule has 4 rings (SSSR count). The molecule has 0 radical (unpaired) electrons. The van der Waals surface area contributed by atoms with E-state index in [2.05, 4.69) is 5.10 Å². The number of methoxy groups -OCH3 is 1. The van der Waals surface area contributed by atoms with Crippen molar-refractivity contribution in [3.05, 3.63) is 11.4 Å². The summed E-state index contributed by atoms with van der Waals surface area (Å²) in [6.07, 6.45) is 1.57. The minimum Gasteiger partial charge on any atom is -0.383 e. The molecule has 1 aromatic heterocycles. The first-order valence-electron chi connectivity index (χ1n) is 8.57. The Morgan fingerprint density at radius 3 is 2.56 bits per heavy atom. The Labute approximate surface area is 148 Å². The SMILES string of the molecule is COCCN1C(=O)[C@H]2CC[C@@H]1CN(S(=O)(=O)c1c(C)nn(C)c1C)C2. The first kappa shape index (κ1) is 18.3. The molecule has 25 heavy (non-hydrogen) atoms. The van der Waals surface area contributed by atoms with E-state index in [1.54, 1.807) is 37.6 Å². The topological polar surface area (TPSA) is 84.7 Å². The molecule has 0 unspecified atom stereocenters. The summed E-state index contributed by atoms with van der Waals surface area (Å²) in [7, 11) is -0.337. The number of rotatable bonds is 5. The first-order chi connectivity index (χ1) is 11.8. The highest BCUT2D eigenvalue weighted by molar-refractivity contribution is 7.89. The molecule has 3 aliphatic heterocycles. The average Bonchev–Trinajstić information content (AvgIpc) is 2.73. The highest BCUT2D eigenvalue weighted by Gasteiger charge is 2.44. The molecule has 1 aromatic rings. The van der Waals surface area contributed by atoms with Crippen LogP contribution in [0.3, 0.4) is 0 Å². The normalized spacial score (nSPS) is 24.8. The molecular weight excluding hydrogens is 344 g/mol. The number of hydrogen-bond acceptors (Lipinski definition) is 5. The van der Waals surface area contributed by atoms with Gasteiger partial charge in [0, 0.05) is 39.8 Å². The molecule has 0 saturated carbocycles. The van der Waals surface area contributed by atoms with Crippen molar-refractivity contribution < 1.29 is 17.9 Å². The molecule has 4 heterocycles. The number of carbonyl (C=O) groups excluding carboxylic acids is 1. The van der Waals surface area contributed by atoms with Gasteiger partial charge < -0.3 is 9.64 Å². The molecule has 9 heteroatoms. The van der Waals surface area contributed by atoms with E-state index in [0.717, 1.165) is 12.8 Å². The van der Waals surface area contributed by atoms with Crippen molar-refractivity contribution in [3.8, 4) is 0 Å². The number of piperidine rings is 1. The second-order valence-corrected chi connectivity index (χ2v) is 8.77. The van der Waals surface area contributed by atoms with Gasteiger partial charge in [-0.1, -0.05) is 0 Å². The van der Waals surface area contributed by atoms with Crippen LogP contribution in [0.1, 0.15) is 24.2 Å². The third-order valence-corrected chi connectivity index (χ3v) is 7.42. The lowest BCUT2D eigenvalue weighted by Crippen LogP contribution is -2.49. The Bertz CT molecular complexity index is 773. The summed E-state index contributed by atoms with van der Waals surface area (Å²) in [4.78, 5) is 14.8. The molecule has 0 aromatic carbocycles. The fourth-order valence-electron chi connectivity index (χ4n) is 3.94. The van der Waals surface area contributed by atoms with E-state index in [4.69, 9.17) is 4.74 Å². The zero-order valence-electron chi connectivity index (χ0n) is 15.2. The predicted octanol–water partition coefficient (Wildman–Crippen LogP) is 0.295. The van der Waals surface area contributed by atoms with Crippen LogP contribution in [0.15, 0.2) is 4.90 Å². The number of aromatic nitrogens is 2. The lowest BCUT2D eigenvalue weighted by Gasteiger charge is -2.35. The number of aryl methyl sites for hydroxylation is 2. The van der Waals surface area contributed by atoms with Gasteiger partial charge in [-0.25, -0.2) is 8.42 Å². The van der Waals surface area contributed by atoms with Crippen molar-refractivity contribution >= 4 is 15.9 Å². The fourth-order valence-corrected chi connectivity index (χ4v) is 5.86. The Morgan fingerprint density at radius 2 is 1.96 bits per heavy atom. The molecule has 0 aliphatic carbocycles. The molecule has 8 nitrogen and oxygen atoms in total. The van der Waals surface area contributed by atoms with Crippen molar-refractivity contribution in [1.29, 1.82) is 0 Å². The molecule has 3 aliphatic rings. The van der Waals surface area contributed by atoms with Crippen LogP contribution in [0.2, 0.25) is 0 Å². The van der Waals surface area contributed by atoms with Gasteiger partial charge >= 0.3 is 0 Å². The van der Waals surface area contributed by atoms with E-state index >= 15 is 0 Å². The van der Waals surface area contributed by atoms with Crippen molar-refractivity contribution in [1.82, 2.24) is 19.0 Å². The molecule has 140 valence electrons. The van der Waals surface area contributed by atoms with E-state index in [1.165, 1.54) is 4.31 Å². The van der Waals surface area contributed by atoms with Gasteiger partial charge in [0.1, 0.15) is 4.90 Å². The van der Waals surface area contributed by atoms with Crippen LogP contribution in [0, 0.1) is 19.8 Å². The second kappa shape index (κ2) is 6.69. The number of carbonyl (C=O) groups is 1. The largest absolute Gasteiger partial charge is 0.383 e. The third-order valence-electron chi connectivity index (χ3n) is 5.34. The van der Waals surface area contributed by atoms with Gasteiger partial charge in [-0.2, -0.15) is 9.40 Å². The molecular formula is C16H26N4O4S. The minimum absolute atomic E-state index is 0.0469. The van der Waals surface area contributed by atoms with Crippen LogP contribution in [-0.2, 0) is 26.6 Å². The number of sulfonamides is 1. The monoisotopic (exact) mass is 370 g/mol. The molecule has 3 saturated heterocycles. The van der Waals surface area contributed by atoms with Crippen LogP contribution in [0.4, 0.5) is 0 Å². The van der Waals surface area contributed by atoms with Gasteiger partial charge in [-0.3, -0.25) is 9.48 Å². The number of ether oxygens (including phenoxy) is 1. The summed E-state index contributed by atoms with van der Waals surface area (Å²) in [5, 5.41) is 4.24. The number of hydrogen-bond donors (Lipinski definition) is 0. The summed E-state index contributed by atoms with van der Waals surface area (Å²) >= 11 is 0. The van der Waals surface area contributed by atoms with Crippen LogP contribution in [0.25, 0.3) is 0 Å². The van der Waals surface area contributed by atoms with E-state index in [-0.39, 0.29) is 29.3 Å². The molecule has 2 atom stereocenters. The van der Waals surface area contributed by atoms with Gasteiger partial charge in [0.25, 0.3) is 0 Å². The third kappa shape index (κ3) is 3.09. The molecule has 3 fully saturated rings. The summed E-state index contributed by atoms with van der Waals surface area (Å²) in [6.45, 7) is 5.02. The van der Waals surface area contributed by atoms with E-state index in [1.807, 2.05) is 0 Å². The Hall–Kier alpha value is -1.45. The zero-order valence-corrected chi connectivity index (χ0v) is 16.0. The van der Waals surface area contributed by atoms with Crippen LogP contribution >= 0.6 is 0 Å². The number of amides is 1. The van der Waals surface area contributed by atoms with Crippen LogP contribution < -0.4 is 0 Å². The van der Waals surface area contributed by atoms with E-state index in [0.29, 0.717) is 31.1 Å². The average molecular weight is 370 g/mol. The van der Waals surface area contributed by atoms with Gasteiger partial charge in [-0.05, 0) is 26.7 Å². The first-order valence-corrected chi connectivity index (χ1v) is 10.0. The number of nitrogens with zero attached hydrogens (tertiary/aromatic N) is 4. The van der Waals surface area contributed by atoms with E-state index < -0.39 is 10.0 Å². The lowest BCUT2D eigenvalue weighted by molar-refractivity contribution is -0.140. The molecule has 2 bridgehead atoms. The smallest absolute Gasteiger partial charge is 0.246 e. The van der Waals surface area contributed by atoms with Crippen LogP contribution in [0.5, 0.6) is 0 Å². The van der Waals surface area contributed by atoms with Crippen molar-refractivity contribution in [2.45, 2.75) is 37.6 Å². The summed E-state index contributed by atoms with van der Waals surface area (Å²) < 4.78 is 34.7. The highest BCUT2D eigenvalue weighted by Crippen LogP contribution is 2.33. The zero-order chi connectivity index (χ0) is 18.4. The quantitative estimate of drug-likeness (QED) is 0.744.